The van der Waals surface area contributed by atoms with Gasteiger partial charge in [0.15, 0.2) is 0 Å². The number of ether oxygens (including phenoxy) is 1. The van der Waals surface area contributed by atoms with E-state index in [1.54, 1.807) is 6.92 Å². The largest absolute Gasteiger partial charge is 0.480 e. The van der Waals surface area contributed by atoms with Gasteiger partial charge >= 0.3 is 12.1 Å². The van der Waals surface area contributed by atoms with Gasteiger partial charge in [0, 0.05) is 18.9 Å². The minimum atomic E-state index is -1.29. The van der Waals surface area contributed by atoms with E-state index in [4.69, 9.17) is 4.74 Å². The van der Waals surface area contributed by atoms with Crippen LogP contribution in [0.2, 0.25) is 0 Å². The maximum atomic E-state index is 13.4. The molecule has 3 atom stereocenters. The van der Waals surface area contributed by atoms with Crippen LogP contribution in [-0.2, 0) is 14.3 Å². The van der Waals surface area contributed by atoms with Gasteiger partial charge in [-0.25, -0.2) is 9.59 Å². The summed E-state index contributed by atoms with van der Waals surface area (Å²) in [6, 6.07) is 15.0. The van der Waals surface area contributed by atoms with Crippen molar-refractivity contribution in [2.45, 2.75) is 49.8 Å². The number of carboxylic acids is 1. The van der Waals surface area contributed by atoms with E-state index in [0.717, 1.165) is 35.1 Å². The highest BCUT2D eigenvalue weighted by Crippen LogP contribution is 2.45. The molecule has 2 amide bonds. The lowest BCUT2D eigenvalue weighted by Crippen LogP contribution is -2.61. The Hall–Kier alpha value is -3.39. The van der Waals surface area contributed by atoms with E-state index in [0.29, 0.717) is 0 Å². The Morgan fingerprint density at radius 1 is 1.06 bits per heavy atom. The van der Waals surface area contributed by atoms with Crippen LogP contribution in [0.1, 0.15) is 43.2 Å². The van der Waals surface area contributed by atoms with E-state index in [9.17, 15) is 24.6 Å². The van der Waals surface area contributed by atoms with Gasteiger partial charge in [-0.2, -0.15) is 0 Å². The molecule has 3 aliphatic rings. The molecule has 5 rings (SSSR count). The van der Waals surface area contributed by atoms with Crippen molar-refractivity contribution in [3.63, 3.8) is 0 Å². The number of aliphatic carboxylic acids is 1. The van der Waals surface area contributed by atoms with Gasteiger partial charge in [0.2, 0.25) is 5.91 Å². The first-order valence-corrected chi connectivity index (χ1v) is 11.6. The molecule has 2 aliphatic carbocycles. The smallest absolute Gasteiger partial charge is 0.408 e. The second-order valence-electron chi connectivity index (χ2n) is 9.63. The van der Waals surface area contributed by atoms with E-state index >= 15 is 0 Å². The molecular formula is C26H28N2O6. The number of benzene rings is 2. The lowest BCUT2D eigenvalue weighted by Gasteiger charge is -2.35. The fourth-order valence-corrected chi connectivity index (χ4v) is 5.41. The number of hydrogen-bond acceptors (Lipinski definition) is 5. The molecule has 1 saturated carbocycles. The van der Waals surface area contributed by atoms with E-state index < -0.39 is 35.7 Å². The number of rotatable bonds is 6. The van der Waals surface area contributed by atoms with Crippen molar-refractivity contribution >= 4 is 18.0 Å². The number of carbonyl (C=O) groups is 3. The van der Waals surface area contributed by atoms with E-state index in [1.807, 2.05) is 36.4 Å². The summed E-state index contributed by atoms with van der Waals surface area (Å²) in [4.78, 5) is 39.1. The zero-order valence-corrected chi connectivity index (χ0v) is 18.9. The molecular weight excluding hydrogens is 436 g/mol. The molecule has 1 heterocycles. The number of nitrogens with zero attached hydrogens (tertiary/aromatic N) is 1. The molecule has 2 unspecified atom stereocenters. The van der Waals surface area contributed by atoms with E-state index in [-0.39, 0.29) is 31.4 Å². The summed E-state index contributed by atoms with van der Waals surface area (Å²) < 4.78 is 5.64. The van der Waals surface area contributed by atoms with Gasteiger partial charge in [-0.15, -0.1) is 0 Å². The molecule has 34 heavy (non-hydrogen) atoms. The van der Waals surface area contributed by atoms with Crippen molar-refractivity contribution in [3.8, 4) is 11.1 Å². The van der Waals surface area contributed by atoms with E-state index in [2.05, 4.69) is 17.4 Å². The van der Waals surface area contributed by atoms with Crippen LogP contribution in [0.3, 0.4) is 0 Å². The summed E-state index contributed by atoms with van der Waals surface area (Å²) in [6.45, 7) is 1.68. The molecule has 1 aliphatic heterocycles. The predicted octanol–water partition coefficient (Wildman–Crippen LogP) is 2.74. The minimum absolute atomic E-state index is 0.0211. The topological polar surface area (TPSA) is 116 Å². The Morgan fingerprint density at radius 2 is 1.65 bits per heavy atom. The number of carbonyl (C=O) groups excluding carboxylic acids is 2. The number of likely N-dealkylation sites (tertiary alicyclic amines) is 1. The van der Waals surface area contributed by atoms with Crippen LogP contribution in [-0.4, -0.2) is 63.9 Å². The Bertz CT molecular complexity index is 1100. The lowest BCUT2D eigenvalue weighted by atomic mass is 9.93. The molecule has 3 N–H and O–H groups in total. The van der Waals surface area contributed by atoms with Crippen LogP contribution < -0.4 is 5.32 Å². The average molecular weight is 465 g/mol. The fraction of sp³-hybridized carbons (Fsp3) is 0.423. The van der Waals surface area contributed by atoms with Crippen molar-refractivity contribution < 1.29 is 29.3 Å². The van der Waals surface area contributed by atoms with Gasteiger partial charge in [-0.3, -0.25) is 4.79 Å². The zero-order chi connectivity index (χ0) is 24.0. The first-order chi connectivity index (χ1) is 16.3. The van der Waals surface area contributed by atoms with E-state index in [1.165, 1.54) is 4.90 Å². The van der Waals surface area contributed by atoms with Gasteiger partial charge in [0.05, 0.1) is 6.10 Å². The highest BCUT2D eigenvalue weighted by molar-refractivity contribution is 5.93. The lowest BCUT2D eigenvalue weighted by molar-refractivity contribution is -0.151. The highest BCUT2D eigenvalue weighted by Gasteiger charge is 2.53. The molecule has 0 radical (unpaired) electrons. The Kier molecular flexibility index (Phi) is 5.56. The third-order valence-electron chi connectivity index (χ3n) is 7.37. The van der Waals surface area contributed by atoms with Gasteiger partial charge in [-0.1, -0.05) is 48.5 Å². The fourth-order valence-electron chi connectivity index (χ4n) is 5.41. The Balaban J connectivity index is 1.31. The summed E-state index contributed by atoms with van der Waals surface area (Å²) in [5, 5.41) is 22.2. The second kappa shape index (κ2) is 8.43. The predicted molar refractivity (Wildman–Crippen MR) is 123 cm³/mol. The summed E-state index contributed by atoms with van der Waals surface area (Å²) >= 11 is 0. The summed E-state index contributed by atoms with van der Waals surface area (Å²) in [6.07, 6.45) is -0.133. The maximum Gasteiger partial charge on any atom is 0.408 e. The Labute approximate surface area is 197 Å². The molecule has 8 nitrogen and oxygen atoms in total. The van der Waals surface area contributed by atoms with Crippen molar-refractivity contribution in [2.24, 2.45) is 5.92 Å². The number of carboxylic acid groups (broad SMARTS) is 1. The number of fused-ring (bicyclic) bond motifs is 3. The molecule has 8 heteroatoms. The van der Waals surface area contributed by atoms with Crippen LogP contribution in [0.25, 0.3) is 11.1 Å². The third-order valence-corrected chi connectivity index (χ3v) is 7.37. The van der Waals surface area contributed by atoms with Crippen LogP contribution in [0, 0.1) is 5.92 Å². The first kappa shape index (κ1) is 22.4. The molecule has 2 aromatic rings. The highest BCUT2D eigenvalue weighted by atomic mass is 16.5. The number of amides is 2. The molecule has 0 aromatic heterocycles. The van der Waals surface area contributed by atoms with Crippen molar-refractivity contribution in [2.75, 3.05) is 13.2 Å². The van der Waals surface area contributed by atoms with Gasteiger partial charge in [-0.05, 0) is 47.9 Å². The molecule has 1 saturated heterocycles. The number of β-amino-alcohol motifs (C(OH)–C–C–N with tert-alkyl or cyclic N) is 1. The van der Waals surface area contributed by atoms with Crippen LogP contribution in [0.4, 0.5) is 4.79 Å². The van der Waals surface area contributed by atoms with Crippen molar-refractivity contribution in [3.05, 3.63) is 59.7 Å². The Morgan fingerprint density at radius 3 is 2.21 bits per heavy atom. The molecule has 178 valence electrons. The molecule has 2 fully saturated rings. The summed E-state index contributed by atoms with van der Waals surface area (Å²) in [5.74, 6) is -1.87. The standard InChI is InChI=1S/C26H28N2O6/c1-26(15-10-11-15,24(32)28-13-16(29)12-22(28)23(30)31)27-25(33)34-14-21-19-8-4-2-6-17(19)18-7-3-5-9-20(18)21/h2-9,15-16,21-22,29H,10-14H2,1H3,(H,27,33)(H,30,31)/t16?,22-,26?/m0/s1. The van der Waals surface area contributed by atoms with Gasteiger partial charge < -0.3 is 25.2 Å². The third kappa shape index (κ3) is 3.81. The molecule has 0 spiro atoms. The number of nitrogens with one attached hydrogen (secondary N) is 1. The number of aliphatic hydroxyl groups is 1. The monoisotopic (exact) mass is 464 g/mol. The SMILES string of the molecule is CC(NC(=O)OCC1c2ccccc2-c2ccccc21)(C(=O)N1CC(O)C[C@H]1C(=O)O)C1CC1. The number of aliphatic hydroxyl groups excluding tert-OH is 1. The zero-order valence-electron chi connectivity index (χ0n) is 18.9. The van der Waals surface area contributed by atoms with Crippen LogP contribution in [0.15, 0.2) is 48.5 Å². The van der Waals surface area contributed by atoms with Crippen LogP contribution in [0.5, 0.6) is 0 Å². The maximum absolute atomic E-state index is 13.4. The quantitative estimate of drug-likeness (QED) is 0.605. The first-order valence-electron chi connectivity index (χ1n) is 11.6. The molecule has 0 bridgehead atoms. The summed E-state index contributed by atoms with van der Waals surface area (Å²) in [5.41, 5.74) is 3.14. The number of alkyl carbamates (subject to hydrolysis) is 1. The molecule has 2 aromatic carbocycles. The normalized spacial score (nSPS) is 23.1. The van der Waals surface area contributed by atoms with Gasteiger partial charge in [0.1, 0.15) is 18.2 Å². The van der Waals surface area contributed by atoms with Crippen molar-refractivity contribution in [1.82, 2.24) is 10.2 Å². The number of hydrogen-bond donors (Lipinski definition) is 3. The van der Waals surface area contributed by atoms with Crippen molar-refractivity contribution in [1.29, 1.82) is 0 Å². The second-order valence-corrected chi connectivity index (χ2v) is 9.63. The van der Waals surface area contributed by atoms with Gasteiger partial charge in [0.25, 0.3) is 0 Å². The van der Waals surface area contributed by atoms with Crippen LogP contribution >= 0.6 is 0 Å². The minimum Gasteiger partial charge on any atom is -0.480 e. The summed E-state index contributed by atoms with van der Waals surface area (Å²) in [7, 11) is 0. The average Bonchev–Trinajstić information content (AvgIpc) is 3.54.